The number of sulfonamides is 1. The lowest BCUT2D eigenvalue weighted by Crippen LogP contribution is -2.38. The van der Waals surface area contributed by atoms with Gasteiger partial charge >= 0.3 is 0 Å². The second-order valence-electron chi connectivity index (χ2n) is 9.16. The summed E-state index contributed by atoms with van der Waals surface area (Å²) in [6, 6.07) is 9.98. The zero-order chi connectivity index (χ0) is 26.7. The molecule has 0 spiro atoms. The summed E-state index contributed by atoms with van der Waals surface area (Å²) in [4.78, 5) is 29.9. The van der Waals surface area contributed by atoms with Gasteiger partial charge in [-0.15, -0.1) is 0 Å². The van der Waals surface area contributed by atoms with Gasteiger partial charge in [0.15, 0.2) is 0 Å². The van der Waals surface area contributed by atoms with Crippen molar-refractivity contribution in [1.29, 1.82) is 0 Å². The number of aliphatic hydroxyl groups is 1. The number of amides is 1. The Morgan fingerprint density at radius 2 is 1.65 bits per heavy atom. The molecule has 0 bridgehead atoms. The molecule has 1 amide bonds. The molecule has 11 heteroatoms. The maximum absolute atomic E-state index is 13.7. The highest BCUT2D eigenvalue weighted by molar-refractivity contribution is 7.89. The third kappa shape index (κ3) is 5.59. The van der Waals surface area contributed by atoms with Gasteiger partial charge in [0.1, 0.15) is 11.6 Å². The van der Waals surface area contributed by atoms with Crippen LogP contribution in [-0.4, -0.2) is 92.8 Å². The largest absolute Gasteiger partial charge is 0.507 e. The fourth-order valence-electron chi connectivity index (χ4n) is 4.54. The Bertz CT molecular complexity index is 1290. The first-order chi connectivity index (χ1) is 17.6. The number of halogens is 1. The van der Waals surface area contributed by atoms with E-state index in [0.717, 1.165) is 17.4 Å². The van der Waals surface area contributed by atoms with Gasteiger partial charge < -0.3 is 14.7 Å². The van der Waals surface area contributed by atoms with Crippen molar-refractivity contribution in [3.8, 4) is 0 Å². The summed E-state index contributed by atoms with van der Waals surface area (Å²) >= 11 is 0. The Kier molecular flexibility index (Phi) is 8.08. The van der Waals surface area contributed by atoms with E-state index in [2.05, 4.69) is 4.90 Å². The molecule has 2 saturated heterocycles. The number of benzene rings is 2. The lowest BCUT2D eigenvalue weighted by atomic mass is 9.95. The number of morpholine rings is 1. The van der Waals surface area contributed by atoms with E-state index in [9.17, 15) is 27.5 Å². The van der Waals surface area contributed by atoms with Crippen molar-refractivity contribution < 1.29 is 32.2 Å². The molecule has 2 aromatic carbocycles. The number of Topliss-reactive ketones (excluding diaryl/α,β-unsaturated/α-hetero) is 1. The van der Waals surface area contributed by atoms with Crippen molar-refractivity contribution in [3.05, 3.63) is 71.0 Å². The molecule has 2 aromatic rings. The van der Waals surface area contributed by atoms with Gasteiger partial charge in [-0.3, -0.25) is 14.5 Å². The van der Waals surface area contributed by atoms with Gasteiger partial charge in [0.2, 0.25) is 10.0 Å². The van der Waals surface area contributed by atoms with Crippen LogP contribution in [0, 0.1) is 5.82 Å². The highest BCUT2D eigenvalue weighted by atomic mass is 32.2. The summed E-state index contributed by atoms with van der Waals surface area (Å²) in [5, 5.41) is 11.2. The lowest BCUT2D eigenvalue weighted by molar-refractivity contribution is -0.140. The molecule has 9 nitrogen and oxygen atoms in total. The molecule has 1 N–H and O–H groups in total. The Morgan fingerprint density at radius 1 is 1.03 bits per heavy atom. The standard InChI is InChI=1S/C26H30FN3O6S/c1-28(2)37(34,35)21-10-6-19(7-11-21)24(31)22-23(18-4-8-20(27)9-5-18)30(26(33)25(22)32)13-3-12-29-14-16-36-17-15-29/h4-11,23,31H,3,12-17H2,1-2H3/b24-22+/t23-/m0/s1. The molecule has 0 aliphatic carbocycles. The minimum Gasteiger partial charge on any atom is -0.507 e. The molecular formula is C26H30FN3O6S. The van der Waals surface area contributed by atoms with E-state index in [1.54, 1.807) is 0 Å². The molecule has 2 aliphatic rings. The van der Waals surface area contributed by atoms with Crippen LogP contribution in [0.15, 0.2) is 59.0 Å². The van der Waals surface area contributed by atoms with Crippen molar-refractivity contribution in [2.45, 2.75) is 17.4 Å². The van der Waals surface area contributed by atoms with Crippen LogP contribution >= 0.6 is 0 Å². The zero-order valence-electron chi connectivity index (χ0n) is 20.8. The molecule has 0 unspecified atom stereocenters. The molecule has 198 valence electrons. The van der Waals surface area contributed by atoms with E-state index in [1.807, 2.05) is 0 Å². The first-order valence-electron chi connectivity index (χ1n) is 12.0. The number of hydrogen-bond acceptors (Lipinski definition) is 7. The molecule has 37 heavy (non-hydrogen) atoms. The van der Waals surface area contributed by atoms with Gasteiger partial charge in [0.25, 0.3) is 11.7 Å². The normalized spacial score (nSPS) is 20.6. The third-order valence-corrected chi connectivity index (χ3v) is 8.44. The maximum Gasteiger partial charge on any atom is 0.295 e. The number of nitrogens with zero attached hydrogens (tertiary/aromatic N) is 3. The van der Waals surface area contributed by atoms with E-state index in [0.29, 0.717) is 31.7 Å². The van der Waals surface area contributed by atoms with Gasteiger partial charge in [0, 0.05) is 45.8 Å². The molecule has 2 fully saturated rings. The predicted molar refractivity (Wildman–Crippen MR) is 135 cm³/mol. The molecule has 0 aromatic heterocycles. The fraction of sp³-hybridized carbons (Fsp3) is 0.385. The Labute approximate surface area is 215 Å². The summed E-state index contributed by atoms with van der Waals surface area (Å²) in [5.41, 5.74) is 0.558. The van der Waals surface area contributed by atoms with Crippen LogP contribution in [-0.2, 0) is 24.3 Å². The Balaban J connectivity index is 1.68. The number of hydrogen-bond donors (Lipinski definition) is 1. The zero-order valence-corrected chi connectivity index (χ0v) is 21.6. The average molecular weight is 532 g/mol. The molecule has 0 saturated carbocycles. The van der Waals surface area contributed by atoms with Crippen molar-refractivity contribution in [3.63, 3.8) is 0 Å². The number of aliphatic hydroxyl groups excluding tert-OH is 1. The minimum atomic E-state index is -3.69. The van der Waals surface area contributed by atoms with E-state index in [1.165, 1.54) is 67.5 Å². The Hall–Kier alpha value is -3.12. The summed E-state index contributed by atoms with van der Waals surface area (Å²) in [6.07, 6.45) is 0.599. The monoisotopic (exact) mass is 531 g/mol. The Morgan fingerprint density at radius 3 is 2.24 bits per heavy atom. The van der Waals surface area contributed by atoms with Crippen molar-refractivity contribution >= 4 is 27.5 Å². The van der Waals surface area contributed by atoms with Gasteiger partial charge in [-0.2, -0.15) is 0 Å². The molecule has 2 aliphatic heterocycles. The summed E-state index contributed by atoms with van der Waals surface area (Å²) in [7, 11) is -0.867. The quantitative estimate of drug-likeness (QED) is 0.316. The molecule has 4 rings (SSSR count). The van der Waals surface area contributed by atoms with Gasteiger partial charge in [-0.1, -0.05) is 12.1 Å². The summed E-state index contributed by atoms with van der Waals surface area (Å²) in [5.74, 6) is -2.48. The average Bonchev–Trinajstić information content (AvgIpc) is 3.14. The van der Waals surface area contributed by atoms with Crippen LogP contribution in [0.3, 0.4) is 0 Å². The summed E-state index contributed by atoms with van der Waals surface area (Å²) < 4.78 is 44.9. The van der Waals surface area contributed by atoms with E-state index in [-0.39, 0.29) is 22.6 Å². The van der Waals surface area contributed by atoms with Crippen molar-refractivity contribution in [2.24, 2.45) is 0 Å². The van der Waals surface area contributed by atoms with E-state index < -0.39 is 39.3 Å². The molecular weight excluding hydrogens is 501 g/mol. The fourth-order valence-corrected chi connectivity index (χ4v) is 5.44. The van der Waals surface area contributed by atoms with Crippen LogP contribution < -0.4 is 0 Å². The van der Waals surface area contributed by atoms with Crippen LogP contribution in [0.5, 0.6) is 0 Å². The second kappa shape index (κ2) is 11.1. The van der Waals surface area contributed by atoms with E-state index >= 15 is 0 Å². The van der Waals surface area contributed by atoms with Gasteiger partial charge in [0.05, 0.1) is 29.7 Å². The van der Waals surface area contributed by atoms with Gasteiger partial charge in [-0.25, -0.2) is 17.1 Å². The summed E-state index contributed by atoms with van der Waals surface area (Å²) in [6.45, 7) is 3.86. The first kappa shape index (κ1) is 26.9. The number of carbonyl (C=O) groups excluding carboxylic acids is 2. The number of likely N-dealkylation sites (tertiary alicyclic amines) is 1. The third-order valence-electron chi connectivity index (χ3n) is 6.61. The number of rotatable bonds is 8. The van der Waals surface area contributed by atoms with Crippen molar-refractivity contribution in [2.75, 3.05) is 53.5 Å². The SMILES string of the molecule is CN(C)S(=O)(=O)c1ccc(/C(O)=C2\C(=O)C(=O)N(CCCN3CCOCC3)[C@H]2c2ccc(F)cc2)cc1. The van der Waals surface area contributed by atoms with Crippen LogP contribution in [0.25, 0.3) is 5.76 Å². The first-order valence-corrected chi connectivity index (χ1v) is 13.4. The lowest BCUT2D eigenvalue weighted by Gasteiger charge is -2.29. The van der Waals surface area contributed by atoms with Gasteiger partial charge in [-0.05, 0) is 48.4 Å². The van der Waals surface area contributed by atoms with Crippen LogP contribution in [0.1, 0.15) is 23.6 Å². The van der Waals surface area contributed by atoms with Crippen LogP contribution in [0.2, 0.25) is 0 Å². The molecule has 2 heterocycles. The van der Waals surface area contributed by atoms with Crippen molar-refractivity contribution in [1.82, 2.24) is 14.1 Å². The number of carbonyl (C=O) groups is 2. The highest BCUT2D eigenvalue weighted by Crippen LogP contribution is 2.39. The second-order valence-corrected chi connectivity index (χ2v) is 11.3. The van der Waals surface area contributed by atoms with Crippen LogP contribution in [0.4, 0.5) is 4.39 Å². The number of ether oxygens (including phenoxy) is 1. The molecule has 0 radical (unpaired) electrons. The minimum absolute atomic E-state index is 0.0210. The van der Waals surface area contributed by atoms with E-state index in [4.69, 9.17) is 4.74 Å². The number of ketones is 1. The smallest absolute Gasteiger partial charge is 0.295 e. The highest BCUT2D eigenvalue weighted by Gasteiger charge is 2.45. The molecule has 1 atom stereocenters. The topological polar surface area (TPSA) is 107 Å². The predicted octanol–water partition coefficient (Wildman–Crippen LogP) is 2.22. The maximum atomic E-state index is 13.7.